The highest BCUT2D eigenvalue weighted by Gasteiger charge is 2.18. The number of nitrogens with one attached hydrogen (secondary N) is 1. The van der Waals surface area contributed by atoms with Crippen molar-refractivity contribution in [3.05, 3.63) is 28.8 Å². The summed E-state index contributed by atoms with van der Waals surface area (Å²) in [4.78, 5) is 2.22. The highest BCUT2D eigenvalue weighted by atomic mass is 16.3. The molecule has 108 valence electrons. The number of hydrogen-bond acceptors (Lipinski definition) is 3. The third-order valence-electron chi connectivity index (χ3n) is 3.23. The molecule has 0 aliphatic carbocycles. The molecule has 3 heteroatoms. The molecule has 0 bridgehead atoms. The van der Waals surface area contributed by atoms with Gasteiger partial charge in [-0.05, 0) is 50.0 Å². The normalized spacial score (nSPS) is 12.2. The lowest BCUT2D eigenvalue weighted by Crippen LogP contribution is -2.37. The predicted octanol–water partition coefficient (Wildman–Crippen LogP) is 2.69. The van der Waals surface area contributed by atoms with Crippen molar-refractivity contribution in [2.24, 2.45) is 5.41 Å². The van der Waals surface area contributed by atoms with E-state index in [1.165, 1.54) is 5.56 Å². The first kappa shape index (κ1) is 16.0. The molecule has 1 aromatic rings. The van der Waals surface area contributed by atoms with Crippen molar-refractivity contribution in [2.75, 3.05) is 27.2 Å². The number of phenols is 1. The maximum absolute atomic E-state index is 9.76. The third-order valence-corrected chi connectivity index (χ3v) is 3.23. The lowest BCUT2D eigenvalue weighted by molar-refractivity contribution is 0.232. The molecular weight excluding hydrogens is 236 g/mol. The van der Waals surface area contributed by atoms with Crippen molar-refractivity contribution in [3.63, 3.8) is 0 Å². The van der Waals surface area contributed by atoms with E-state index in [2.05, 4.69) is 38.2 Å². The van der Waals surface area contributed by atoms with E-state index in [9.17, 15) is 5.11 Å². The Morgan fingerprint density at radius 1 is 1.16 bits per heavy atom. The second-order valence-electron chi connectivity index (χ2n) is 6.58. The average Bonchev–Trinajstić information content (AvgIpc) is 2.23. The molecule has 0 radical (unpaired) electrons. The molecule has 19 heavy (non-hydrogen) atoms. The fraction of sp³-hybridized carbons (Fsp3) is 0.625. The molecule has 0 aliphatic rings. The monoisotopic (exact) mass is 264 g/mol. The minimum Gasteiger partial charge on any atom is -0.507 e. The highest BCUT2D eigenvalue weighted by molar-refractivity contribution is 5.42. The molecule has 0 saturated carbocycles. The number of aromatic hydroxyl groups is 1. The fourth-order valence-corrected chi connectivity index (χ4v) is 2.60. The molecule has 0 amide bonds. The van der Waals surface area contributed by atoms with Gasteiger partial charge in [0.2, 0.25) is 0 Å². The number of benzene rings is 1. The fourth-order valence-electron chi connectivity index (χ4n) is 2.60. The molecule has 1 aromatic carbocycles. The first-order valence-electron chi connectivity index (χ1n) is 6.86. The topological polar surface area (TPSA) is 35.5 Å². The van der Waals surface area contributed by atoms with Crippen LogP contribution in [0.5, 0.6) is 5.75 Å². The second-order valence-corrected chi connectivity index (χ2v) is 6.58. The Labute approximate surface area is 117 Å². The summed E-state index contributed by atoms with van der Waals surface area (Å²) in [5.41, 5.74) is 3.38. The van der Waals surface area contributed by atoms with E-state index in [0.29, 0.717) is 5.75 Å². The number of hydrogen-bond donors (Lipinski definition) is 2. The Hall–Kier alpha value is -1.06. The summed E-state index contributed by atoms with van der Waals surface area (Å²) in [5, 5.41) is 13.3. The molecule has 0 fully saturated rings. The minimum atomic E-state index is 0.254. The van der Waals surface area contributed by atoms with Gasteiger partial charge in [-0.2, -0.15) is 0 Å². The number of aryl methyl sites for hydroxylation is 2. The summed E-state index contributed by atoms with van der Waals surface area (Å²) >= 11 is 0. The van der Waals surface area contributed by atoms with E-state index in [1.54, 1.807) is 0 Å². The molecule has 0 unspecified atom stereocenters. The second kappa shape index (κ2) is 6.40. The first-order valence-corrected chi connectivity index (χ1v) is 6.86. The van der Waals surface area contributed by atoms with Gasteiger partial charge in [0.15, 0.2) is 0 Å². The van der Waals surface area contributed by atoms with Gasteiger partial charge in [-0.15, -0.1) is 0 Å². The van der Waals surface area contributed by atoms with Crippen LogP contribution in [-0.2, 0) is 6.54 Å². The van der Waals surface area contributed by atoms with Gasteiger partial charge in [0.05, 0.1) is 0 Å². The lowest BCUT2D eigenvalue weighted by atomic mass is 9.93. The number of phenolic OH excluding ortho intramolecular Hbond substituents is 1. The zero-order valence-corrected chi connectivity index (χ0v) is 13.2. The Morgan fingerprint density at radius 3 is 2.16 bits per heavy atom. The van der Waals surface area contributed by atoms with Gasteiger partial charge in [-0.3, -0.25) is 0 Å². The molecule has 0 saturated heterocycles. The van der Waals surface area contributed by atoms with Crippen molar-refractivity contribution in [1.29, 1.82) is 0 Å². The van der Waals surface area contributed by atoms with Crippen LogP contribution in [0.4, 0.5) is 0 Å². The van der Waals surface area contributed by atoms with Gasteiger partial charge in [0, 0.05) is 19.6 Å². The summed E-state index contributed by atoms with van der Waals surface area (Å²) in [7, 11) is 4.21. The van der Waals surface area contributed by atoms with Crippen LogP contribution in [-0.4, -0.2) is 37.2 Å². The van der Waals surface area contributed by atoms with Gasteiger partial charge in [0.1, 0.15) is 5.75 Å². The van der Waals surface area contributed by atoms with Crippen LogP contribution < -0.4 is 5.32 Å². The van der Waals surface area contributed by atoms with Gasteiger partial charge in [-0.25, -0.2) is 0 Å². The van der Waals surface area contributed by atoms with E-state index in [0.717, 1.165) is 30.8 Å². The first-order chi connectivity index (χ1) is 8.71. The van der Waals surface area contributed by atoms with Crippen molar-refractivity contribution in [2.45, 2.75) is 34.2 Å². The van der Waals surface area contributed by atoms with Crippen LogP contribution in [0.3, 0.4) is 0 Å². The van der Waals surface area contributed by atoms with Crippen LogP contribution in [0.25, 0.3) is 0 Å². The van der Waals surface area contributed by atoms with Crippen LogP contribution >= 0.6 is 0 Å². The van der Waals surface area contributed by atoms with E-state index in [1.807, 2.05) is 26.0 Å². The highest BCUT2D eigenvalue weighted by Crippen LogP contribution is 2.23. The maximum atomic E-state index is 9.76. The van der Waals surface area contributed by atoms with Crippen LogP contribution in [0, 0.1) is 19.3 Å². The quantitative estimate of drug-likeness (QED) is 0.829. The van der Waals surface area contributed by atoms with Crippen molar-refractivity contribution in [3.8, 4) is 5.75 Å². The maximum Gasteiger partial charge on any atom is 0.121 e. The SMILES string of the molecule is Cc1cc(CNCC(C)(C)CN(C)C)cc(C)c1O. The number of rotatable bonds is 6. The van der Waals surface area contributed by atoms with Gasteiger partial charge in [0.25, 0.3) is 0 Å². The summed E-state index contributed by atoms with van der Waals surface area (Å²) in [6.45, 7) is 11.3. The number of nitrogens with zero attached hydrogens (tertiary/aromatic N) is 1. The minimum absolute atomic E-state index is 0.254. The van der Waals surface area contributed by atoms with Crippen LogP contribution in [0.15, 0.2) is 12.1 Å². The summed E-state index contributed by atoms with van der Waals surface area (Å²) in [5.74, 6) is 0.414. The van der Waals surface area contributed by atoms with E-state index in [-0.39, 0.29) is 5.41 Å². The summed E-state index contributed by atoms with van der Waals surface area (Å²) in [6.07, 6.45) is 0. The van der Waals surface area contributed by atoms with Crippen LogP contribution in [0.2, 0.25) is 0 Å². The molecule has 0 heterocycles. The Kier molecular flexibility index (Phi) is 5.39. The van der Waals surface area contributed by atoms with Gasteiger partial charge >= 0.3 is 0 Å². The largest absolute Gasteiger partial charge is 0.507 e. The predicted molar refractivity (Wildman–Crippen MR) is 81.6 cm³/mol. The summed E-state index contributed by atoms with van der Waals surface area (Å²) < 4.78 is 0. The zero-order valence-electron chi connectivity index (χ0n) is 13.2. The molecule has 0 aliphatic heterocycles. The molecule has 1 rings (SSSR count). The van der Waals surface area contributed by atoms with Crippen molar-refractivity contribution in [1.82, 2.24) is 10.2 Å². The van der Waals surface area contributed by atoms with E-state index >= 15 is 0 Å². The smallest absolute Gasteiger partial charge is 0.121 e. The van der Waals surface area contributed by atoms with Gasteiger partial charge in [-0.1, -0.05) is 26.0 Å². The Balaban J connectivity index is 2.54. The van der Waals surface area contributed by atoms with Crippen LogP contribution in [0.1, 0.15) is 30.5 Å². The molecule has 2 N–H and O–H groups in total. The summed E-state index contributed by atoms with van der Waals surface area (Å²) in [6, 6.07) is 4.10. The molecular formula is C16H28N2O. The average molecular weight is 264 g/mol. The molecule has 0 aromatic heterocycles. The van der Waals surface area contributed by atoms with E-state index < -0.39 is 0 Å². The lowest BCUT2D eigenvalue weighted by Gasteiger charge is -2.28. The van der Waals surface area contributed by atoms with Gasteiger partial charge < -0.3 is 15.3 Å². The zero-order chi connectivity index (χ0) is 14.6. The van der Waals surface area contributed by atoms with E-state index in [4.69, 9.17) is 0 Å². The van der Waals surface area contributed by atoms with Crippen molar-refractivity contribution >= 4 is 0 Å². The Morgan fingerprint density at radius 2 is 1.68 bits per heavy atom. The molecule has 3 nitrogen and oxygen atoms in total. The molecule has 0 spiro atoms. The standard InChI is InChI=1S/C16H28N2O/c1-12-7-14(8-13(2)15(12)19)9-17-10-16(3,4)11-18(5)6/h7-8,17,19H,9-11H2,1-6H3. The Bertz CT molecular complexity index is 402. The molecule has 0 atom stereocenters. The third kappa shape index (κ3) is 5.21. The van der Waals surface area contributed by atoms with Crippen molar-refractivity contribution < 1.29 is 5.11 Å².